The monoisotopic (exact) mass is 241 g/mol. The molecule has 1 unspecified atom stereocenters. The molecule has 1 aromatic rings. The maximum absolute atomic E-state index is 13.0. The van der Waals surface area contributed by atoms with Gasteiger partial charge in [-0.05, 0) is 31.7 Å². The third-order valence-corrected chi connectivity index (χ3v) is 2.38. The molecule has 1 atom stereocenters. The molecule has 0 aromatic heterocycles. The zero-order valence-electron chi connectivity index (χ0n) is 10.4. The Labute approximate surface area is 102 Å². The molecule has 0 aliphatic heterocycles. The molecule has 0 aliphatic carbocycles. The highest BCUT2D eigenvalue weighted by atomic mass is 19.1. The molecule has 1 aromatic carbocycles. The number of likely N-dealkylation sites (N-methyl/N-ethyl adjacent to an activating group) is 1. The summed E-state index contributed by atoms with van der Waals surface area (Å²) in [5, 5.41) is 9.64. The quantitative estimate of drug-likeness (QED) is 0.788. The normalized spacial score (nSPS) is 13.0. The van der Waals surface area contributed by atoms with E-state index in [2.05, 4.69) is 0 Å². The summed E-state index contributed by atoms with van der Waals surface area (Å²) in [5.74, 6) is -0.231. The zero-order valence-corrected chi connectivity index (χ0v) is 10.4. The Morgan fingerprint density at radius 2 is 2.24 bits per heavy atom. The molecular formula is C13H20FNO2. The lowest BCUT2D eigenvalue weighted by molar-refractivity contribution is 0.0244. The number of benzene rings is 1. The lowest BCUT2D eigenvalue weighted by Gasteiger charge is -2.20. The van der Waals surface area contributed by atoms with Crippen LogP contribution in [-0.4, -0.2) is 42.9 Å². The molecule has 3 nitrogen and oxygen atoms in total. The van der Waals surface area contributed by atoms with Gasteiger partial charge < -0.3 is 9.84 Å². The second kappa shape index (κ2) is 7.37. The first-order valence-electron chi connectivity index (χ1n) is 5.80. The lowest BCUT2D eigenvalue weighted by atomic mass is 10.2. The summed E-state index contributed by atoms with van der Waals surface area (Å²) in [7, 11) is 1.89. The van der Waals surface area contributed by atoms with Gasteiger partial charge in [0.15, 0.2) is 0 Å². The number of aliphatic hydroxyl groups is 1. The summed E-state index contributed by atoms with van der Waals surface area (Å²) in [6, 6.07) is 6.49. The molecule has 1 rings (SSSR count). The predicted octanol–water partition coefficient (Wildman–Crippen LogP) is 1.65. The van der Waals surface area contributed by atoms with Crippen LogP contribution in [0.25, 0.3) is 0 Å². The molecule has 0 radical (unpaired) electrons. The summed E-state index contributed by atoms with van der Waals surface area (Å²) in [4.78, 5) is 1.94. The van der Waals surface area contributed by atoms with E-state index in [1.54, 1.807) is 6.07 Å². The molecule has 0 bridgehead atoms. The van der Waals surface area contributed by atoms with Gasteiger partial charge in [-0.1, -0.05) is 12.1 Å². The number of aliphatic hydroxyl groups excluding tert-OH is 1. The second-order valence-corrected chi connectivity index (χ2v) is 4.14. The van der Waals surface area contributed by atoms with E-state index in [1.165, 1.54) is 12.1 Å². The number of nitrogens with zero attached hydrogens (tertiary/aromatic N) is 1. The largest absolute Gasteiger partial charge is 0.389 e. The molecule has 17 heavy (non-hydrogen) atoms. The van der Waals surface area contributed by atoms with E-state index < -0.39 is 6.10 Å². The van der Waals surface area contributed by atoms with Gasteiger partial charge in [0.1, 0.15) is 5.82 Å². The van der Waals surface area contributed by atoms with Crippen LogP contribution in [-0.2, 0) is 11.3 Å². The average Bonchev–Trinajstić information content (AvgIpc) is 2.26. The van der Waals surface area contributed by atoms with Crippen molar-refractivity contribution in [2.75, 3.05) is 26.8 Å². The Hall–Kier alpha value is -0.970. The van der Waals surface area contributed by atoms with Gasteiger partial charge in [0.05, 0.1) is 12.7 Å². The highest BCUT2D eigenvalue weighted by Gasteiger charge is 2.08. The SMILES string of the molecule is CCOCC(O)CN(C)Cc1cccc(F)c1. The van der Waals surface area contributed by atoms with Crippen LogP contribution in [0.15, 0.2) is 24.3 Å². The third kappa shape index (κ3) is 5.77. The van der Waals surface area contributed by atoms with Gasteiger partial charge in [0.25, 0.3) is 0 Å². The summed E-state index contributed by atoms with van der Waals surface area (Å²) < 4.78 is 18.1. The van der Waals surface area contributed by atoms with Gasteiger partial charge in [-0.25, -0.2) is 4.39 Å². The number of hydrogen-bond acceptors (Lipinski definition) is 3. The van der Waals surface area contributed by atoms with Gasteiger partial charge in [-0.3, -0.25) is 4.90 Å². The molecule has 96 valence electrons. The standard InChI is InChI=1S/C13H20FNO2/c1-3-17-10-13(16)9-15(2)8-11-5-4-6-12(14)7-11/h4-7,13,16H,3,8-10H2,1-2H3. The first-order valence-corrected chi connectivity index (χ1v) is 5.80. The summed E-state index contributed by atoms with van der Waals surface area (Å²) >= 11 is 0. The second-order valence-electron chi connectivity index (χ2n) is 4.14. The smallest absolute Gasteiger partial charge is 0.123 e. The summed E-state index contributed by atoms with van der Waals surface area (Å²) in [6.07, 6.45) is -0.506. The van der Waals surface area contributed by atoms with Crippen LogP contribution < -0.4 is 0 Å². The minimum Gasteiger partial charge on any atom is -0.389 e. The van der Waals surface area contributed by atoms with Gasteiger partial charge in [-0.15, -0.1) is 0 Å². The van der Waals surface area contributed by atoms with Crippen molar-refractivity contribution in [3.05, 3.63) is 35.6 Å². The van der Waals surface area contributed by atoms with Gasteiger partial charge in [0, 0.05) is 19.7 Å². The van der Waals surface area contributed by atoms with Crippen LogP contribution in [0.4, 0.5) is 4.39 Å². The van der Waals surface area contributed by atoms with Crippen molar-refractivity contribution in [1.82, 2.24) is 4.90 Å². The zero-order chi connectivity index (χ0) is 12.7. The molecule has 0 spiro atoms. The van der Waals surface area contributed by atoms with Crippen molar-refractivity contribution in [3.8, 4) is 0 Å². The van der Waals surface area contributed by atoms with Crippen LogP contribution in [0, 0.1) is 5.82 Å². The predicted molar refractivity (Wildman–Crippen MR) is 65.2 cm³/mol. The molecule has 0 saturated heterocycles. The van der Waals surface area contributed by atoms with Crippen LogP contribution in [0.1, 0.15) is 12.5 Å². The van der Waals surface area contributed by atoms with Crippen molar-refractivity contribution >= 4 is 0 Å². The van der Waals surface area contributed by atoms with Gasteiger partial charge >= 0.3 is 0 Å². The fraction of sp³-hybridized carbons (Fsp3) is 0.538. The van der Waals surface area contributed by atoms with E-state index >= 15 is 0 Å². The minimum atomic E-state index is -0.506. The van der Waals surface area contributed by atoms with E-state index in [0.717, 1.165) is 5.56 Å². The molecule has 0 amide bonds. The lowest BCUT2D eigenvalue weighted by Crippen LogP contribution is -2.31. The third-order valence-electron chi connectivity index (χ3n) is 2.38. The number of rotatable bonds is 7. The highest BCUT2D eigenvalue weighted by molar-refractivity contribution is 5.15. The molecule has 0 heterocycles. The fourth-order valence-corrected chi connectivity index (χ4v) is 1.68. The summed E-state index contributed by atoms with van der Waals surface area (Å²) in [5.41, 5.74) is 0.899. The Morgan fingerprint density at radius 1 is 1.47 bits per heavy atom. The van der Waals surface area contributed by atoms with Crippen LogP contribution in [0.3, 0.4) is 0 Å². The maximum atomic E-state index is 13.0. The van der Waals surface area contributed by atoms with E-state index in [1.807, 2.05) is 24.9 Å². The van der Waals surface area contributed by atoms with E-state index in [0.29, 0.717) is 26.3 Å². The first-order chi connectivity index (χ1) is 8.11. The van der Waals surface area contributed by atoms with Crippen molar-refractivity contribution < 1.29 is 14.2 Å². The Balaban J connectivity index is 2.36. The van der Waals surface area contributed by atoms with Crippen molar-refractivity contribution in [3.63, 3.8) is 0 Å². The van der Waals surface area contributed by atoms with Crippen molar-refractivity contribution in [2.24, 2.45) is 0 Å². The van der Waals surface area contributed by atoms with Gasteiger partial charge in [0.2, 0.25) is 0 Å². The van der Waals surface area contributed by atoms with E-state index in [-0.39, 0.29) is 5.82 Å². The van der Waals surface area contributed by atoms with Crippen LogP contribution in [0.2, 0.25) is 0 Å². The van der Waals surface area contributed by atoms with E-state index in [4.69, 9.17) is 4.74 Å². The average molecular weight is 241 g/mol. The Kier molecular flexibility index (Phi) is 6.11. The molecular weight excluding hydrogens is 221 g/mol. The van der Waals surface area contributed by atoms with Crippen LogP contribution in [0.5, 0.6) is 0 Å². The molecule has 1 N–H and O–H groups in total. The fourth-order valence-electron chi connectivity index (χ4n) is 1.68. The topological polar surface area (TPSA) is 32.7 Å². The number of hydrogen-bond donors (Lipinski definition) is 1. The number of halogens is 1. The molecule has 0 aliphatic rings. The molecule has 0 saturated carbocycles. The molecule has 4 heteroatoms. The first kappa shape index (κ1) is 14.1. The number of ether oxygens (including phenoxy) is 1. The Bertz CT molecular complexity index is 333. The maximum Gasteiger partial charge on any atom is 0.123 e. The molecule has 0 fully saturated rings. The Morgan fingerprint density at radius 3 is 2.88 bits per heavy atom. The minimum absolute atomic E-state index is 0.231. The van der Waals surface area contributed by atoms with Crippen molar-refractivity contribution in [1.29, 1.82) is 0 Å². The highest BCUT2D eigenvalue weighted by Crippen LogP contribution is 2.06. The van der Waals surface area contributed by atoms with Crippen LogP contribution >= 0.6 is 0 Å². The van der Waals surface area contributed by atoms with Gasteiger partial charge in [-0.2, -0.15) is 0 Å². The summed E-state index contributed by atoms with van der Waals surface area (Å²) in [6.45, 7) is 3.95. The van der Waals surface area contributed by atoms with E-state index in [9.17, 15) is 9.50 Å². The van der Waals surface area contributed by atoms with Crippen molar-refractivity contribution in [2.45, 2.75) is 19.6 Å².